The van der Waals surface area contributed by atoms with Crippen LogP contribution < -0.4 is 10.6 Å². The van der Waals surface area contributed by atoms with Crippen LogP contribution in [-0.2, 0) is 31.2 Å². The predicted octanol–water partition coefficient (Wildman–Crippen LogP) is 1.86. The second kappa shape index (κ2) is 10.3. The first kappa shape index (κ1) is 21.3. The largest absolute Gasteiger partial charge is 0.359 e. The first-order chi connectivity index (χ1) is 13.0. The Morgan fingerprint density at radius 3 is 2.48 bits per heavy atom. The van der Waals surface area contributed by atoms with Gasteiger partial charge in [0.2, 0.25) is 5.91 Å². The van der Waals surface area contributed by atoms with E-state index < -0.39 is 0 Å². The lowest BCUT2D eigenvalue weighted by Crippen LogP contribution is -2.46. The molecule has 1 aliphatic heterocycles. The SMILES string of the molecule is CCNC(=NCc1c(CC)nn(C)c1CC)N1CCC(CC(=O)NC)CC1. The molecule has 2 heterocycles. The minimum atomic E-state index is 0.143. The van der Waals surface area contributed by atoms with Gasteiger partial charge in [-0.2, -0.15) is 5.10 Å². The Kier molecular flexibility index (Phi) is 8.13. The first-order valence-electron chi connectivity index (χ1n) is 10.3. The quantitative estimate of drug-likeness (QED) is 0.563. The molecule has 1 fully saturated rings. The van der Waals surface area contributed by atoms with Crippen LogP contribution in [-0.4, -0.2) is 53.2 Å². The molecule has 2 rings (SSSR count). The van der Waals surface area contributed by atoms with Crippen molar-refractivity contribution in [1.82, 2.24) is 25.3 Å². The van der Waals surface area contributed by atoms with Crippen molar-refractivity contribution in [2.45, 2.75) is 59.4 Å². The molecule has 2 N–H and O–H groups in total. The van der Waals surface area contributed by atoms with Crippen LogP contribution in [0.4, 0.5) is 0 Å². The average Bonchev–Trinajstić information content (AvgIpc) is 3.00. The van der Waals surface area contributed by atoms with Crippen molar-refractivity contribution >= 4 is 11.9 Å². The number of hydrogen-bond donors (Lipinski definition) is 2. The molecule has 0 atom stereocenters. The van der Waals surface area contributed by atoms with Crippen molar-refractivity contribution in [3.63, 3.8) is 0 Å². The predicted molar refractivity (Wildman–Crippen MR) is 110 cm³/mol. The van der Waals surface area contributed by atoms with Gasteiger partial charge in [-0.1, -0.05) is 13.8 Å². The van der Waals surface area contributed by atoms with Gasteiger partial charge in [-0.15, -0.1) is 0 Å². The van der Waals surface area contributed by atoms with E-state index >= 15 is 0 Å². The summed E-state index contributed by atoms with van der Waals surface area (Å²) in [6.07, 6.45) is 4.60. The van der Waals surface area contributed by atoms with E-state index in [9.17, 15) is 4.79 Å². The Bertz CT molecular complexity index is 643. The highest BCUT2D eigenvalue weighted by molar-refractivity contribution is 5.80. The molecule has 1 aromatic heterocycles. The van der Waals surface area contributed by atoms with Crippen LogP contribution in [0.2, 0.25) is 0 Å². The highest BCUT2D eigenvalue weighted by Crippen LogP contribution is 2.21. The summed E-state index contributed by atoms with van der Waals surface area (Å²) in [5.41, 5.74) is 3.70. The molecule has 0 unspecified atom stereocenters. The van der Waals surface area contributed by atoms with Gasteiger partial charge in [0, 0.05) is 51.4 Å². The molecule has 7 nitrogen and oxygen atoms in total. The molecular formula is C20H36N6O. The topological polar surface area (TPSA) is 74.5 Å². The van der Waals surface area contributed by atoms with E-state index in [0.717, 1.165) is 57.0 Å². The molecule has 0 aliphatic carbocycles. The fourth-order valence-corrected chi connectivity index (χ4v) is 3.87. The zero-order valence-electron chi connectivity index (χ0n) is 17.6. The highest BCUT2D eigenvalue weighted by Gasteiger charge is 2.23. The van der Waals surface area contributed by atoms with Gasteiger partial charge in [0.1, 0.15) is 0 Å². The van der Waals surface area contributed by atoms with Gasteiger partial charge in [0.25, 0.3) is 0 Å². The molecule has 0 aromatic carbocycles. The van der Waals surface area contributed by atoms with E-state index in [0.29, 0.717) is 18.9 Å². The van der Waals surface area contributed by atoms with Gasteiger partial charge in [-0.05, 0) is 38.5 Å². The lowest BCUT2D eigenvalue weighted by molar-refractivity contribution is -0.121. The van der Waals surface area contributed by atoms with Gasteiger partial charge in [0.15, 0.2) is 5.96 Å². The summed E-state index contributed by atoms with van der Waals surface area (Å²) in [5.74, 6) is 1.59. The number of guanidine groups is 1. The molecule has 1 saturated heterocycles. The minimum absolute atomic E-state index is 0.143. The fraction of sp³-hybridized carbons (Fsp3) is 0.750. The molecule has 0 radical (unpaired) electrons. The van der Waals surface area contributed by atoms with Gasteiger partial charge >= 0.3 is 0 Å². The van der Waals surface area contributed by atoms with Gasteiger partial charge in [0.05, 0.1) is 12.2 Å². The van der Waals surface area contributed by atoms with E-state index in [4.69, 9.17) is 4.99 Å². The summed E-state index contributed by atoms with van der Waals surface area (Å²) in [4.78, 5) is 18.9. The molecule has 0 spiro atoms. The smallest absolute Gasteiger partial charge is 0.220 e. The highest BCUT2D eigenvalue weighted by atomic mass is 16.1. The van der Waals surface area contributed by atoms with Crippen LogP contribution in [0.15, 0.2) is 4.99 Å². The number of nitrogens with zero attached hydrogens (tertiary/aromatic N) is 4. The zero-order valence-corrected chi connectivity index (χ0v) is 17.6. The third kappa shape index (κ3) is 5.47. The van der Waals surface area contributed by atoms with Crippen LogP contribution >= 0.6 is 0 Å². The third-order valence-electron chi connectivity index (χ3n) is 5.42. The monoisotopic (exact) mass is 376 g/mol. The second-order valence-electron chi connectivity index (χ2n) is 7.18. The molecule has 1 aliphatic rings. The standard InChI is InChI=1S/C20H36N6O/c1-6-17-16(18(7-2)25(5)24-17)14-23-20(22-8-3)26-11-9-15(10-12-26)13-19(27)21-4/h15H,6-14H2,1-5H3,(H,21,27)(H,22,23). The van der Waals surface area contributed by atoms with Crippen molar-refractivity contribution in [2.24, 2.45) is 18.0 Å². The van der Waals surface area contributed by atoms with E-state index in [1.807, 2.05) is 11.7 Å². The number of hydrogen-bond acceptors (Lipinski definition) is 3. The summed E-state index contributed by atoms with van der Waals surface area (Å²) in [6, 6.07) is 0. The molecule has 0 bridgehead atoms. The lowest BCUT2D eigenvalue weighted by atomic mass is 9.93. The Hall–Kier alpha value is -2.05. The van der Waals surface area contributed by atoms with Crippen LogP contribution in [0.3, 0.4) is 0 Å². The molecule has 1 amide bonds. The second-order valence-corrected chi connectivity index (χ2v) is 7.18. The average molecular weight is 377 g/mol. The number of carbonyl (C=O) groups is 1. The van der Waals surface area contributed by atoms with Crippen LogP contribution in [0, 0.1) is 5.92 Å². The van der Waals surface area contributed by atoms with E-state index in [1.54, 1.807) is 7.05 Å². The van der Waals surface area contributed by atoms with E-state index in [-0.39, 0.29) is 5.91 Å². The summed E-state index contributed by atoms with van der Waals surface area (Å²) < 4.78 is 2.00. The van der Waals surface area contributed by atoms with Gasteiger partial charge < -0.3 is 15.5 Å². The maximum absolute atomic E-state index is 11.6. The number of amides is 1. The first-order valence-corrected chi connectivity index (χ1v) is 10.3. The van der Waals surface area contributed by atoms with Crippen molar-refractivity contribution in [2.75, 3.05) is 26.7 Å². The van der Waals surface area contributed by atoms with Gasteiger partial charge in [-0.3, -0.25) is 9.48 Å². The normalized spacial score (nSPS) is 15.9. The van der Waals surface area contributed by atoms with Crippen molar-refractivity contribution in [3.8, 4) is 0 Å². The number of nitrogens with one attached hydrogen (secondary N) is 2. The van der Waals surface area contributed by atoms with E-state index in [1.165, 1.54) is 11.3 Å². The molecule has 1 aromatic rings. The number of aryl methyl sites for hydroxylation is 2. The Labute approximate surface area is 163 Å². The molecule has 152 valence electrons. The van der Waals surface area contributed by atoms with Gasteiger partial charge in [-0.25, -0.2) is 4.99 Å². The summed E-state index contributed by atoms with van der Waals surface area (Å²) in [6.45, 7) is 9.84. The summed E-state index contributed by atoms with van der Waals surface area (Å²) >= 11 is 0. The maximum Gasteiger partial charge on any atom is 0.220 e. The summed E-state index contributed by atoms with van der Waals surface area (Å²) in [7, 11) is 3.73. The number of piperidine rings is 1. The van der Waals surface area contributed by atoms with Crippen LogP contribution in [0.25, 0.3) is 0 Å². The number of rotatable bonds is 7. The van der Waals surface area contributed by atoms with Crippen molar-refractivity contribution < 1.29 is 4.79 Å². The Morgan fingerprint density at radius 2 is 1.93 bits per heavy atom. The molecule has 27 heavy (non-hydrogen) atoms. The Morgan fingerprint density at radius 1 is 1.22 bits per heavy atom. The molecular weight excluding hydrogens is 340 g/mol. The Balaban J connectivity index is 2.06. The fourth-order valence-electron chi connectivity index (χ4n) is 3.87. The number of carbonyl (C=O) groups excluding carboxylic acids is 1. The lowest BCUT2D eigenvalue weighted by Gasteiger charge is -2.34. The molecule has 7 heteroatoms. The van der Waals surface area contributed by atoms with Crippen molar-refractivity contribution in [3.05, 3.63) is 17.0 Å². The third-order valence-corrected chi connectivity index (χ3v) is 5.42. The maximum atomic E-state index is 11.6. The number of aromatic nitrogens is 2. The molecule has 0 saturated carbocycles. The number of likely N-dealkylation sites (tertiary alicyclic amines) is 1. The minimum Gasteiger partial charge on any atom is -0.359 e. The zero-order chi connectivity index (χ0) is 19.8. The summed E-state index contributed by atoms with van der Waals surface area (Å²) in [5, 5.41) is 10.8. The van der Waals surface area contributed by atoms with Crippen molar-refractivity contribution in [1.29, 1.82) is 0 Å². The number of aliphatic imine (C=N–C) groups is 1. The van der Waals surface area contributed by atoms with E-state index in [2.05, 4.69) is 41.4 Å². The van der Waals surface area contributed by atoms with Crippen LogP contribution in [0.5, 0.6) is 0 Å². The van der Waals surface area contributed by atoms with Crippen LogP contribution in [0.1, 0.15) is 57.0 Å².